The molecule has 0 unspecified atom stereocenters. The molecule has 28 heavy (non-hydrogen) atoms. The first-order valence-corrected chi connectivity index (χ1v) is 9.56. The van der Waals surface area contributed by atoms with Crippen molar-refractivity contribution in [2.75, 3.05) is 20.3 Å². The minimum atomic E-state index is -0.0752. The third kappa shape index (κ3) is 6.12. The molecule has 1 amide bonds. The summed E-state index contributed by atoms with van der Waals surface area (Å²) in [4.78, 5) is 24.5. The van der Waals surface area contributed by atoms with Gasteiger partial charge in [-0.3, -0.25) is 9.59 Å². The van der Waals surface area contributed by atoms with Crippen LogP contribution in [-0.2, 0) is 4.79 Å². The largest absolute Gasteiger partial charge is 0.493 e. The van der Waals surface area contributed by atoms with Crippen LogP contribution in [0.2, 0.25) is 0 Å². The third-order valence-electron chi connectivity index (χ3n) is 4.51. The Bertz CT molecular complexity index is 806. The molecule has 0 atom stereocenters. The summed E-state index contributed by atoms with van der Waals surface area (Å²) in [5.41, 5.74) is 3.94. The van der Waals surface area contributed by atoms with Gasteiger partial charge in [-0.05, 0) is 50.5 Å². The number of methoxy groups -OCH3 is 1. The van der Waals surface area contributed by atoms with Gasteiger partial charge in [-0.15, -0.1) is 0 Å². The molecule has 0 spiro atoms. The number of ketones is 1. The number of hydrogen-bond donors (Lipinski definition) is 1. The molecule has 150 valence electrons. The van der Waals surface area contributed by atoms with Crippen molar-refractivity contribution in [1.29, 1.82) is 0 Å². The summed E-state index contributed by atoms with van der Waals surface area (Å²) >= 11 is 0. The SMILES string of the molecule is COc1ccccc1OCCNC(=O)CCCC(=O)c1c(C)cc(C)cc1C. The molecule has 2 rings (SSSR count). The lowest BCUT2D eigenvalue weighted by atomic mass is 9.94. The quantitative estimate of drug-likeness (QED) is 0.494. The first kappa shape index (κ1) is 21.5. The van der Waals surface area contributed by atoms with E-state index < -0.39 is 0 Å². The van der Waals surface area contributed by atoms with E-state index in [2.05, 4.69) is 5.32 Å². The Labute approximate surface area is 167 Å². The van der Waals surface area contributed by atoms with Crippen LogP contribution >= 0.6 is 0 Å². The van der Waals surface area contributed by atoms with Crippen LogP contribution < -0.4 is 14.8 Å². The molecule has 1 N–H and O–H groups in total. The zero-order valence-electron chi connectivity index (χ0n) is 17.1. The number of rotatable bonds is 10. The maximum Gasteiger partial charge on any atom is 0.220 e. The zero-order chi connectivity index (χ0) is 20.5. The second-order valence-corrected chi connectivity index (χ2v) is 6.90. The lowest BCUT2D eigenvalue weighted by molar-refractivity contribution is -0.121. The standard InChI is InChI=1S/C23H29NO4/c1-16-14-17(2)23(18(3)15-16)19(25)8-7-11-22(26)24-12-13-28-21-10-6-5-9-20(21)27-4/h5-6,9-10,14-15H,7-8,11-13H2,1-4H3,(H,24,26). The molecule has 0 saturated heterocycles. The van der Waals surface area contributed by atoms with Gasteiger partial charge in [-0.2, -0.15) is 0 Å². The predicted octanol–water partition coefficient (Wildman–Crippen LogP) is 4.17. The number of carbonyl (C=O) groups is 2. The lowest BCUT2D eigenvalue weighted by Crippen LogP contribution is -2.28. The van der Waals surface area contributed by atoms with Crippen LogP contribution in [0.4, 0.5) is 0 Å². The van der Waals surface area contributed by atoms with Crippen molar-refractivity contribution in [1.82, 2.24) is 5.32 Å². The Morgan fingerprint density at radius 2 is 1.61 bits per heavy atom. The van der Waals surface area contributed by atoms with E-state index in [1.54, 1.807) is 7.11 Å². The fraction of sp³-hybridized carbons (Fsp3) is 0.391. The second kappa shape index (κ2) is 10.5. The average Bonchev–Trinajstić information content (AvgIpc) is 2.64. The number of para-hydroxylation sites is 2. The Kier molecular flexibility index (Phi) is 8.05. The number of aryl methyl sites for hydroxylation is 3. The highest BCUT2D eigenvalue weighted by atomic mass is 16.5. The number of hydrogen-bond acceptors (Lipinski definition) is 4. The highest BCUT2D eigenvalue weighted by molar-refractivity contribution is 5.99. The Morgan fingerprint density at radius 1 is 0.964 bits per heavy atom. The highest BCUT2D eigenvalue weighted by Gasteiger charge is 2.13. The summed E-state index contributed by atoms with van der Waals surface area (Å²) in [6, 6.07) is 11.4. The fourth-order valence-electron chi connectivity index (χ4n) is 3.33. The van der Waals surface area contributed by atoms with Crippen LogP contribution in [-0.4, -0.2) is 32.0 Å². The van der Waals surface area contributed by atoms with Gasteiger partial charge in [0.2, 0.25) is 5.91 Å². The van der Waals surface area contributed by atoms with Crippen molar-refractivity contribution in [2.45, 2.75) is 40.0 Å². The lowest BCUT2D eigenvalue weighted by Gasteiger charge is -2.11. The zero-order valence-corrected chi connectivity index (χ0v) is 17.1. The summed E-state index contributed by atoms with van der Waals surface area (Å²) in [5, 5.41) is 2.82. The van der Waals surface area contributed by atoms with Crippen LogP contribution in [0.1, 0.15) is 46.3 Å². The minimum Gasteiger partial charge on any atom is -0.493 e. The number of amides is 1. The van der Waals surface area contributed by atoms with Crippen LogP contribution in [0.25, 0.3) is 0 Å². The van der Waals surface area contributed by atoms with E-state index in [1.807, 2.05) is 57.2 Å². The molecule has 0 fully saturated rings. The van der Waals surface area contributed by atoms with Crippen molar-refractivity contribution < 1.29 is 19.1 Å². The molecule has 0 bridgehead atoms. The molecule has 2 aromatic carbocycles. The van der Waals surface area contributed by atoms with Crippen molar-refractivity contribution in [3.05, 3.63) is 58.7 Å². The number of ether oxygens (including phenoxy) is 2. The maximum absolute atomic E-state index is 12.5. The Balaban J connectivity index is 1.69. The van der Waals surface area contributed by atoms with E-state index >= 15 is 0 Å². The Hall–Kier alpha value is -2.82. The summed E-state index contributed by atoms with van der Waals surface area (Å²) in [7, 11) is 1.59. The highest BCUT2D eigenvalue weighted by Crippen LogP contribution is 2.25. The third-order valence-corrected chi connectivity index (χ3v) is 4.51. The second-order valence-electron chi connectivity index (χ2n) is 6.90. The summed E-state index contributed by atoms with van der Waals surface area (Å²) in [6.45, 7) is 6.70. The van der Waals surface area contributed by atoms with Gasteiger partial charge in [-0.25, -0.2) is 0 Å². The van der Waals surface area contributed by atoms with Gasteiger partial charge in [0.05, 0.1) is 13.7 Å². The first-order valence-electron chi connectivity index (χ1n) is 9.56. The van der Waals surface area contributed by atoms with E-state index in [-0.39, 0.29) is 11.7 Å². The molecule has 0 aliphatic heterocycles. The van der Waals surface area contributed by atoms with Crippen LogP contribution in [0.15, 0.2) is 36.4 Å². The van der Waals surface area contributed by atoms with Gasteiger partial charge in [0, 0.05) is 18.4 Å². The van der Waals surface area contributed by atoms with Crippen molar-refractivity contribution in [3.63, 3.8) is 0 Å². The van der Waals surface area contributed by atoms with Crippen molar-refractivity contribution in [2.24, 2.45) is 0 Å². The summed E-state index contributed by atoms with van der Waals surface area (Å²) in [6.07, 6.45) is 1.23. The van der Waals surface area contributed by atoms with Gasteiger partial charge >= 0.3 is 0 Å². The summed E-state index contributed by atoms with van der Waals surface area (Å²) < 4.78 is 10.8. The van der Waals surface area contributed by atoms with Gasteiger partial charge < -0.3 is 14.8 Å². The van der Waals surface area contributed by atoms with Crippen molar-refractivity contribution in [3.8, 4) is 11.5 Å². The number of nitrogens with one attached hydrogen (secondary N) is 1. The van der Waals surface area contributed by atoms with Gasteiger partial charge in [0.25, 0.3) is 0 Å². The predicted molar refractivity (Wildman–Crippen MR) is 110 cm³/mol. The molecule has 0 aliphatic carbocycles. The molecular formula is C23H29NO4. The van der Waals surface area contributed by atoms with E-state index in [0.717, 1.165) is 22.3 Å². The Morgan fingerprint density at radius 3 is 2.25 bits per heavy atom. The number of Topliss-reactive ketones (excluding diaryl/α,β-unsaturated/α-hetero) is 1. The number of carbonyl (C=O) groups excluding carboxylic acids is 2. The molecule has 0 heterocycles. The van der Waals surface area contributed by atoms with Crippen LogP contribution in [0.3, 0.4) is 0 Å². The molecular weight excluding hydrogens is 354 g/mol. The smallest absolute Gasteiger partial charge is 0.220 e. The summed E-state index contributed by atoms with van der Waals surface area (Å²) in [5.74, 6) is 1.33. The number of benzene rings is 2. The average molecular weight is 383 g/mol. The minimum absolute atomic E-state index is 0.0752. The first-order chi connectivity index (χ1) is 13.4. The topological polar surface area (TPSA) is 64.6 Å². The molecule has 0 saturated carbocycles. The monoisotopic (exact) mass is 383 g/mol. The van der Waals surface area contributed by atoms with Gasteiger partial charge in [0.15, 0.2) is 17.3 Å². The van der Waals surface area contributed by atoms with Crippen LogP contribution in [0, 0.1) is 20.8 Å². The van der Waals surface area contributed by atoms with Crippen molar-refractivity contribution >= 4 is 11.7 Å². The van der Waals surface area contributed by atoms with E-state index in [9.17, 15) is 9.59 Å². The van der Waals surface area contributed by atoms with E-state index in [4.69, 9.17) is 9.47 Å². The molecule has 5 heteroatoms. The maximum atomic E-state index is 12.5. The molecule has 0 aliphatic rings. The molecule has 2 aromatic rings. The van der Waals surface area contributed by atoms with Gasteiger partial charge in [0.1, 0.15) is 6.61 Å². The molecule has 0 radical (unpaired) electrons. The molecule has 5 nitrogen and oxygen atoms in total. The fourth-order valence-corrected chi connectivity index (χ4v) is 3.33. The van der Waals surface area contributed by atoms with E-state index in [0.29, 0.717) is 43.9 Å². The molecule has 0 aromatic heterocycles. The normalized spacial score (nSPS) is 10.4. The van der Waals surface area contributed by atoms with Gasteiger partial charge in [-0.1, -0.05) is 29.8 Å². The van der Waals surface area contributed by atoms with Crippen LogP contribution in [0.5, 0.6) is 11.5 Å². The van der Waals surface area contributed by atoms with E-state index in [1.165, 1.54) is 0 Å².